The molecule has 0 aliphatic rings. The molecule has 0 heterocycles. The number of unbranched alkanes of at least 4 members (excludes halogenated alkanes) is 1. The van der Waals surface area contributed by atoms with E-state index in [-0.39, 0.29) is 18.2 Å². The molecule has 6 nitrogen and oxygen atoms in total. The van der Waals surface area contributed by atoms with Crippen LogP contribution < -0.4 is 15.8 Å². The first-order valence-electron chi connectivity index (χ1n) is 5.65. The molecule has 0 saturated carbocycles. The lowest BCUT2D eigenvalue weighted by Crippen LogP contribution is -2.44. The van der Waals surface area contributed by atoms with Gasteiger partial charge in [-0.3, -0.25) is 4.79 Å². The molecule has 7 heteroatoms. The van der Waals surface area contributed by atoms with Crippen LogP contribution in [0.1, 0.15) is 26.7 Å². The van der Waals surface area contributed by atoms with Gasteiger partial charge in [-0.05, 0) is 33.2 Å². The maximum Gasteiger partial charge on any atom is 0.226 e. The Labute approximate surface area is 103 Å². The zero-order valence-corrected chi connectivity index (χ0v) is 11.6. The highest BCUT2D eigenvalue weighted by atomic mass is 32.2. The first-order chi connectivity index (χ1) is 7.75. The van der Waals surface area contributed by atoms with Gasteiger partial charge >= 0.3 is 0 Å². The Hall–Kier alpha value is -0.660. The summed E-state index contributed by atoms with van der Waals surface area (Å²) in [6, 6.07) is 0. The monoisotopic (exact) mass is 265 g/mol. The van der Waals surface area contributed by atoms with Crippen molar-refractivity contribution in [1.29, 1.82) is 0 Å². The zero-order valence-electron chi connectivity index (χ0n) is 10.7. The summed E-state index contributed by atoms with van der Waals surface area (Å²) in [7, 11) is -1.79. The highest BCUT2D eigenvalue weighted by Gasteiger charge is 2.28. The number of carbonyl (C=O) groups excluding carboxylic acids is 1. The molecule has 102 valence electrons. The van der Waals surface area contributed by atoms with Crippen molar-refractivity contribution in [2.24, 2.45) is 11.1 Å². The fraction of sp³-hybridized carbons (Fsp3) is 0.900. The summed E-state index contributed by atoms with van der Waals surface area (Å²) in [6.45, 7) is 3.96. The summed E-state index contributed by atoms with van der Waals surface area (Å²) in [6.07, 6.45) is 1.21. The molecule has 0 aromatic heterocycles. The minimum absolute atomic E-state index is 0.0496. The Bertz CT molecular complexity index is 339. The Morgan fingerprint density at radius 2 is 1.88 bits per heavy atom. The second kappa shape index (κ2) is 6.93. The Morgan fingerprint density at radius 3 is 2.35 bits per heavy atom. The van der Waals surface area contributed by atoms with Crippen LogP contribution in [0.2, 0.25) is 0 Å². The van der Waals surface area contributed by atoms with E-state index < -0.39 is 15.4 Å². The van der Waals surface area contributed by atoms with Gasteiger partial charge in [0, 0.05) is 13.6 Å². The van der Waals surface area contributed by atoms with Gasteiger partial charge in [0.25, 0.3) is 0 Å². The van der Waals surface area contributed by atoms with Crippen molar-refractivity contribution in [3.05, 3.63) is 0 Å². The number of hydrogen-bond donors (Lipinski definition) is 3. The summed E-state index contributed by atoms with van der Waals surface area (Å²) in [5, 5.41) is 2.50. The van der Waals surface area contributed by atoms with Crippen LogP contribution in [0.3, 0.4) is 0 Å². The summed E-state index contributed by atoms with van der Waals surface area (Å²) < 4.78 is 25.6. The van der Waals surface area contributed by atoms with E-state index in [0.717, 1.165) is 0 Å². The van der Waals surface area contributed by atoms with E-state index in [0.29, 0.717) is 19.4 Å². The minimum Gasteiger partial charge on any atom is -0.359 e. The third-order valence-electron chi connectivity index (χ3n) is 2.44. The number of rotatable bonds is 8. The molecular formula is C10H23N3O3S. The van der Waals surface area contributed by atoms with Gasteiger partial charge in [-0.1, -0.05) is 0 Å². The molecule has 0 rings (SSSR count). The van der Waals surface area contributed by atoms with Gasteiger partial charge in [-0.2, -0.15) is 0 Å². The SMILES string of the molecule is CNC(=O)C(C)(C)CNS(=O)(=O)CCCCN. The van der Waals surface area contributed by atoms with E-state index in [4.69, 9.17) is 5.73 Å². The van der Waals surface area contributed by atoms with Gasteiger partial charge < -0.3 is 11.1 Å². The van der Waals surface area contributed by atoms with Gasteiger partial charge in [0.2, 0.25) is 15.9 Å². The van der Waals surface area contributed by atoms with Crippen LogP contribution in [0.5, 0.6) is 0 Å². The molecule has 0 aliphatic carbocycles. The maximum atomic E-state index is 11.6. The molecule has 0 aliphatic heterocycles. The Morgan fingerprint density at radius 1 is 1.29 bits per heavy atom. The van der Waals surface area contributed by atoms with E-state index in [1.165, 1.54) is 7.05 Å². The summed E-state index contributed by atoms with van der Waals surface area (Å²) >= 11 is 0. The Kier molecular flexibility index (Phi) is 6.66. The molecule has 0 radical (unpaired) electrons. The number of carbonyl (C=O) groups is 1. The Balaban J connectivity index is 4.22. The van der Waals surface area contributed by atoms with Crippen LogP contribution in [0.4, 0.5) is 0 Å². The third-order valence-corrected chi connectivity index (χ3v) is 3.85. The van der Waals surface area contributed by atoms with Gasteiger partial charge in [0.15, 0.2) is 0 Å². The molecule has 4 N–H and O–H groups in total. The molecule has 0 unspecified atom stereocenters. The van der Waals surface area contributed by atoms with Gasteiger partial charge in [0.05, 0.1) is 11.2 Å². The van der Waals surface area contributed by atoms with Gasteiger partial charge in [-0.15, -0.1) is 0 Å². The van der Waals surface area contributed by atoms with Crippen molar-refractivity contribution in [3.63, 3.8) is 0 Å². The summed E-state index contributed by atoms with van der Waals surface area (Å²) in [4.78, 5) is 11.4. The molecular weight excluding hydrogens is 242 g/mol. The van der Waals surface area contributed by atoms with Crippen LogP contribution in [0.15, 0.2) is 0 Å². The van der Waals surface area contributed by atoms with E-state index >= 15 is 0 Å². The molecule has 0 spiro atoms. The number of sulfonamides is 1. The maximum absolute atomic E-state index is 11.6. The smallest absolute Gasteiger partial charge is 0.226 e. The van der Waals surface area contributed by atoms with Crippen LogP contribution in [0, 0.1) is 5.41 Å². The lowest BCUT2D eigenvalue weighted by Gasteiger charge is -2.22. The van der Waals surface area contributed by atoms with Crippen LogP contribution >= 0.6 is 0 Å². The number of hydrogen-bond acceptors (Lipinski definition) is 4. The van der Waals surface area contributed by atoms with E-state index in [9.17, 15) is 13.2 Å². The first-order valence-corrected chi connectivity index (χ1v) is 7.30. The standard InChI is InChI=1S/C10H23N3O3S/c1-10(2,9(14)12-3)8-13-17(15,16)7-5-4-6-11/h13H,4-8,11H2,1-3H3,(H,12,14). The van der Waals surface area contributed by atoms with Crippen molar-refractivity contribution >= 4 is 15.9 Å². The summed E-state index contributed by atoms with van der Waals surface area (Å²) in [5.41, 5.74) is 4.54. The zero-order chi connectivity index (χ0) is 13.5. The molecule has 1 amide bonds. The van der Waals surface area contributed by atoms with Crippen LogP contribution in [0.25, 0.3) is 0 Å². The average molecular weight is 265 g/mol. The molecule has 0 atom stereocenters. The number of amides is 1. The van der Waals surface area contributed by atoms with Crippen molar-refractivity contribution in [2.75, 3.05) is 25.9 Å². The molecule has 0 fully saturated rings. The second-order valence-corrected chi connectivity index (χ2v) is 6.53. The number of nitrogens with one attached hydrogen (secondary N) is 2. The average Bonchev–Trinajstić information content (AvgIpc) is 2.26. The lowest BCUT2D eigenvalue weighted by molar-refractivity contribution is -0.128. The molecule has 17 heavy (non-hydrogen) atoms. The van der Waals surface area contributed by atoms with E-state index in [1.54, 1.807) is 13.8 Å². The molecule has 0 bridgehead atoms. The predicted molar refractivity (Wildman–Crippen MR) is 67.9 cm³/mol. The second-order valence-electron chi connectivity index (χ2n) is 4.60. The third kappa shape index (κ3) is 6.60. The largest absolute Gasteiger partial charge is 0.359 e. The van der Waals surface area contributed by atoms with Gasteiger partial charge in [0.1, 0.15) is 0 Å². The van der Waals surface area contributed by atoms with Crippen molar-refractivity contribution < 1.29 is 13.2 Å². The summed E-state index contributed by atoms with van der Waals surface area (Å²) in [5.74, 6) is -0.143. The lowest BCUT2D eigenvalue weighted by atomic mass is 9.93. The van der Waals surface area contributed by atoms with Crippen molar-refractivity contribution in [3.8, 4) is 0 Å². The van der Waals surface area contributed by atoms with E-state index in [2.05, 4.69) is 10.0 Å². The minimum atomic E-state index is -3.31. The fourth-order valence-corrected chi connectivity index (χ4v) is 2.53. The van der Waals surface area contributed by atoms with Crippen LogP contribution in [-0.4, -0.2) is 40.2 Å². The quantitative estimate of drug-likeness (QED) is 0.511. The predicted octanol–water partition coefficient (Wildman–Crippen LogP) is -0.583. The van der Waals surface area contributed by atoms with Crippen molar-refractivity contribution in [1.82, 2.24) is 10.0 Å². The normalized spacial score (nSPS) is 12.5. The number of nitrogens with two attached hydrogens (primary N) is 1. The van der Waals surface area contributed by atoms with E-state index in [1.807, 2.05) is 0 Å². The molecule has 0 saturated heterocycles. The molecule has 0 aromatic rings. The topological polar surface area (TPSA) is 101 Å². The molecule has 0 aromatic carbocycles. The highest BCUT2D eigenvalue weighted by molar-refractivity contribution is 7.89. The first kappa shape index (κ1) is 16.3. The van der Waals surface area contributed by atoms with Crippen molar-refractivity contribution in [2.45, 2.75) is 26.7 Å². The fourth-order valence-electron chi connectivity index (χ4n) is 1.22. The highest BCUT2D eigenvalue weighted by Crippen LogP contribution is 2.13. The van der Waals surface area contributed by atoms with Gasteiger partial charge in [-0.25, -0.2) is 13.1 Å². The van der Waals surface area contributed by atoms with Crippen LogP contribution in [-0.2, 0) is 14.8 Å².